The first-order valence-corrected chi connectivity index (χ1v) is 6.14. The molecule has 0 rings (SSSR count). The van der Waals surface area contributed by atoms with Gasteiger partial charge in [-0.1, -0.05) is 0 Å². The fraction of sp³-hybridized carbons (Fsp3) is 1.00. The third-order valence-corrected chi connectivity index (χ3v) is 2.00. The highest BCUT2D eigenvalue weighted by atomic mass is 32.2. The topological polar surface area (TPSA) is 144 Å². The van der Waals surface area contributed by atoms with Crippen molar-refractivity contribution in [1.29, 1.82) is 0 Å². The van der Waals surface area contributed by atoms with Crippen LogP contribution in [0.4, 0.5) is 0 Å². The molecule has 6 N–H and O–H groups in total. The van der Waals surface area contributed by atoms with Gasteiger partial charge in [0.15, 0.2) is 11.1 Å². The molecule has 1 atom stereocenters. The van der Waals surface area contributed by atoms with Crippen LogP contribution in [0.25, 0.3) is 0 Å². The lowest BCUT2D eigenvalue weighted by Crippen LogP contribution is -2.13. The van der Waals surface area contributed by atoms with E-state index in [1.807, 2.05) is 0 Å². The van der Waals surface area contributed by atoms with Crippen LogP contribution in [0.2, 0.25) is 0 Å². The van der Waals surface area contributed by atoms with Gasteiger partial charge in [0.1, 0.15) is 0 Å². The van der Waals surface area contributed by atoms with Crippen LogP contribution < -0.4 is 11.5 Å². The van der Waals surface area contributed by atoms with Gasteiger partial charge in [-0.2, -0.15) is 8.42 Å². The molecule has 0 aromatic heterocycles. The predicted octanol–water partition coefficient (Wildman–Crippen LogP) is -2.00. The Labute approximate surface area is 79.5 Å². The molecule has 9 heteroatoms. The van der Waals surface area contributed by atoms with Gasteiger partial charge in [0.2, 0.25) is 0 Å². The Morgan fingerprint density at radius 1 is 1.23 bits per heavy atom. The first-order valence-electron chi connectivity index (χ1n) is 3.26. The minimum atomic E-state index is -3.80. The normalized spacial score (nSPS) is 12.9. The maximum atomic E-state index is 9.71. The fourth-order valence-corrected chi connectivity index (χ4v) is 0.749. The minimum absolute atomic E-state index is 0.0289. The summed E-state index contributed by atoms with van der Waals surface area (Å²) in [6, 6.07) is 0. The van der Waals surface area contributed by atoms with Crippen LogP contribution in [0.15, 0.2) is 0 Å². The lowest BCUT2D eigenvalue weighted by atomic mass is 10.8. The zero-order valence-corrected chi connectivity index (χ0v) is 8.55. The lowest BCUT2D eigenvalue weighted by Gasteiger charge is -1.86. The summed E-state index contributed by atoms with van der Waals surface area (Å²) in [4.78, 5) is 0. The first kappa shape index (κ1) is 15.4. The van der Waals surface area contributed by atoms with Crippen molar-refractivity contribution in [2.75, 3.05) is 24.6 Å². The molecule has 0 aliphatic carbocycles. The van der Waals surface area contributed by atoms with Crippen molar-refractivity contribution in [1.82, 2.24) is 0 Å². The summed E-state index contributed by atoms with van der Waals surface area (Å²) in [5.41, 5.74) is 9.65. The average molecular weight is 234 g/mol. The van der Waals surface area contributed by atoms with E-state index in [1.165, 1.54) is 0 Å². The number of hydrogen-bond acceptors (Lipinski definition) is 5. The van der Waals surface area contributed by atoms with E-state index in [-0.39, 0.29) is 24.6 Å². The van der Waals surface area contributed by atoms with E-state index in [0.29, 0.717) is 0 Å². The van der Waals surface area contributed by atoms with Crippen LogP contribution in [0.1, 0.15) is 0 Å². The van der Waals surface area contributed by atoms with E-state index in [4.69, 9.17) is 20.6 Å². The average Bonchev–Trinajstić information content (AvgIpc) is 1.84. The number of rotatable bonds is 4. The van der Waals surface area contributed by atoms with Gasteiger partial charge in [0, 0.05) is 13.1 Å². The largest absolute Gasteiger partial charge is 0.329 e. The van der Waals surface area contributed by atoms with Crippen molar-refractivity contribution in [3.8, 4) is 0 Å². The molecule has 0 aliphatic heterocycles. The van der Waals surface area contributed by atoms with E-state index in [9.17, 15) is 12.6 Å². The van der Waals surface area contributed by atoms with Crippen molar-refractivity contribution >= 4 is 21.2 Å². The van der Waals surface area contributed by atoms with E-state index in [0.717, 1.165) is 0 Å². The second kappa shape index (κ2) is 8.53. The molecule has 0 heterocycles. The summed E-state index contributed by atoms with van der Waals surface area (Å²) in [5.74, 6) is -0.174. The summed E-state index contributed by atoms with van der Waals surface area (Å²) >= 11 is -1.69. The smallest absolute Gasteiger partial charge is 0.266 e. The molecular formula is C4H14N2O5S2. The SMILES string of the molecule is NCCS(=O)(=O)O.NCCS(=O)O. The van der Waals surface area contributed by atoms with E-state index in [1.54, 1.807) is 0 Å². The van der Waals surface area contributed by atoms with Gasteiger partial charge in [0.25, 0.3) is 10.1 Å². The maximum absolute atomic E-state index is 9.71. The Morgan fingerprint density at radius 2 is 1.69 bits per heavy atom. The van der Waals surface area contributed by atoms with Crippen molar-refractivity contribution in [3.05, 3.63) is 0 Å². The van der Waals surface area contributed by atoms with Crippen LogP contribution in [0, 0.1) is 0 Å². The molecule has 0 radical (unpaired) electrons. The standard InChI is InChI=1S/C2H7NO3S.C2H7NO2S/c3-1-2-7(4,5)6;3-1-2-6(4)5/h1-3H2,(H,4,5,6);1-3H2,(H,4,5). The van der Waals surface area contributed by atoms with Crippen LogP contribution in [0.3, 0.4) is 0 Å². The molecule has 13 heavy (non-hydrogen) atoms. The maximum Gasteiger partial charge on any atom is 0.266 e. The molecule has 0 amide bonds. The van der Waals surface area contributed by atoms with E-state index >= 15 is 0 Å². The van der Waals surface area contributed by atoms with Crippen LogP contribution in [-0.4, -0.2) is 46.3 Å². The minimum Gasteiger partial charge on any atom is -0.329 e. The Bertz CT molecular complexity index is 227. The Balaban J connectivity index is 0. The van der Waals surface area contributed by atoms with Gasteiger partial charge in [0.05, 0.1) is 11.5 Å². The second-order valence-electron chi connectivity index (χ2n) is 1.89. The highest BCUT2D eigenvalue weighted by molar-refractivity contribution is 7.85. The number of nitrogens with two attached hydrogens (primary N) is 2. The fourth-order valence-electron chi connectivity index (χ4n) is 0.250. The Kier molecular flexibility index (Phi) is 10.1. The van der Waals surface area contributed by atoms with Gasteiger partial charge in [-0.15, -0.1) is 0 Å². The van der Waals surface area contributed by atoms with Gasteiger partial charge >= 0.3 is 0 Å². The predicted molar refractivity (Wildman–Crippen MR) is 50.2 cm³/mol. The van der Waals surface area contributed by atoms with Crippen LogP contribution >= 0.6 is 0 Å². The molecule has 0 saturated carbocycles. The quantitative estimate of drug-likeness (QED) is 0.325. The van der Waals surface area contributed by atoms with Crippen LogP contribution in [-0.2, 0) is 21.2 Å². The summed E-state index contributed by atoms with van der Waals surface area (Å²) in [6.45, 7) is 0.252. The molecule has 0 aliphatic rings. The summed E-state index contributed by atoms with van der Waals surface area (Å²) in [6.07, 6.45) is 0. The summed E-state index contributed by atoms with van der Waals surface area (Å²) < 4.78 is 44.9. The monoisotopic (exact) mass is 234 g/mol. The molecular weight excluding hydrogens is 220 g/mol. The Morgan fingerprint density at radius 3 is 1.69 bits per heavy atom. The first-order chi connectivity index (χ1) is 5.83. The van der Waals surface area contributed by atoms with Gasteiger partial charge < -0.3 is 16.0 Å². The van der Waals surface area contributed by atoms with E-state index < -0.39 is 21.2 Å². The van der Waals surface area contributed by atoms with E-state index in [2.05, 4.69) is 0 Å². The van der Waals surface area contributed by atoms with Crippen molar-refractivity contribution in [2.24, 2.45) is 11.5 Å². The molecule has 0 bridgehead atoms. The molecule has 0 spiro atoms. The van der Waals surface area contributed by atoms with Crippen molar-refractivity contribution in [3.63, 3.8) is 0 Å². The Hall–Kier alpha value is -0.0600. The third-order valence-electron chi connectivity index (χ3n) is 0.668. The molecule has 7 nitrogen and oxygen atoms in total. The van der Waals surface area contributed by atoms with Crippen molar-refractivity contribution < 1.29 is 21.7 Å². The lowest BCUT2D eigenvalue weighted by molar-refractivity contribution is 0.483. The zero-order valence-electron chi connectivity index (χ0n) is 6.92. The molecule has 0 aromatic rings. The van der Waals surface area contributed by atoms with Gasteiger partial charge in [-0.3, -0.25) is 4.55 Å². The number of hydrogen-bond donors (Lipinski definition) is 4. The van der Waals surface area contributed by atoms with Crippen molar-refractivity contribution in [2.45, 2.75) is 0 Å². The zero-order chi connectivity index (χ0) is 10.9. The van der Waals surface area contributed by atoms with Gasteiger partial charge in [-0.25, -0.2) is 4.21 Å². The molecule has 0 aromatic carbocycles. The molecule has 0 fully saturated rings. The van der Waals surface area contributed by atoms with Gasteiger partial charge in [-0.05, 0) is 0 Å². The second-order valence-corrected chi connectivity index (χ2v) is 4.51. The van der Waals surface area contributed by atoms with Crippen LogP contribution in [0.5, 0.6) is 0 Å². The molecule has 0 saturated heterocycles. The molecule has 82 valence electrons. The summed E-state index contributed by atoms with van der Waals surface area (Å²) in [5, 5.41) is 0. The third kappa shape index (κ3) is 24.5. The summed E-state index contributed by atoms with van der Waals surface area (Å²) in [7, 11) is -3.80. The highest BCUT2D eigenvalue weighted by Crippen LogP contribution is 1.74. The highest BCUT2D eigenvalue weighted by Gasteiger charge is 1.98. The molecule has 1 unspecified atom stereocenters.